The van der Waals surface area contributed by atoms with Gasteiger partial charge in [-0.1, -0.05) is 0 Å². The summed E-state index contributed by atoms with van der Waals surface area (Å²) in [4.78, 5) is 13.5. The second-order valence-corrected chi connectivity index (χ2v) is 5.79. The second-order valence-electron chi connectivity index (χ2n) is 4.88. The van der Waals surface area contributed by atoms with Crippen molar-refractivity contribution >= 4 is 21.9 Å². The molecule has 1 fully saturated rings. The van der Waals surface area contributed by atoms with Crippen molar-refractivity contribution in [2.24, 2.45) is 5.73 Å². The van der Waals surface area contributed by atoms with E-state index in [0.717, 1.165) is 56.1 Å². The summed E-state index contributed by atoms with van der Waals surface area (Å²) < 4.78 is 0.925. The molecule has 0 spiro atoms. The van der Waals surface area contributed by atoms with Crippen LogP contribution in [0, 0.1) is 0 Å². The van der Waals surface area contributed by atoms with Gasteiger partial charge in [0.05, 0.1) is 4.47 Å². The maximum Gasteiger partial charge on any atom is 0.225 e. The summed E-state index contributed by atoms with van der Waals surface area (Å²) in [6.07, 6.45) is 7.11. The topological polar surface area (TPSA) is 58.3 Å². The average molecular weight is 328 g/mol. The van der Waals surface area contributed by atoms with Crippen LogP contribution in [0.5, 0.6) is 0 Å². The van der Waals surface area contributed by atoms with Gasteiger partial charge in [0.1, 0.15) is 0 Å². The molecule has 2 rings (SSSR count). The SMILES string of the molecule is NCCCCN1CCCN(c2ncc(Br)cn2)CC1. The van der Waals surface area contributed by atoms with Crippen molar-refractivity contribution < 1.29 is 0 Å². The summed E-state index contributed by atoms with van der Waals surface area (Å²) in [6.45, 7) is 6.25. The van der Waals surface area contributed by atoms with E-state index < -0.39 is 0 Å². The highest BCUT2D eigenvalue weighted by Crippen LogP contribution is 2.13. The van der Waals surface area contributed by atoms with Crippen molar-refractivity contribution in [3.63, 3.8) is 0 Å². The first-order valence-electron chi connectivity index (χ1n) is 6.94. The number of hydrogen-bond acceptors (Lipinski definition) is 5. The Labute approximate surface area is 123 Å². The Morgan fingerprint density at radius 1 is 1.11 bits per heavy atom. The Morgan fingerprint density at radius 3 is 2.63 bits per heavy atom. The number of hydrogen-bond donors (Lipinski definition) is 1. The standard InChI is InChI=1S/C13H22BrN5/c14-12-10-16-13(17-11-12)19-7-3-6-18(8-9-19)5-2-1-4-15/h10-11H,1-9,15H2. The van der Waals surface area contributed by atoms with Gasteiger partial charge in [0.15, 0.2) is 0 Å². The van der Waals surface area contributed by atoms with Crippen molar-refractivity contribution in [1.29, 1.82) is 0 Å². The molecule has 1 aromatic rings. The molecule has 0 aromatic carbocycles. The molecule has 0 unspecified atom stereocenters. The number of aromatic nitrogens is 2. The van der Waals surface area contributed by atoms with Gasteiger partial charge in [-0.15, -0.1) is 0 Å². The number of rotatable bonds is 5. The molecule has 1 saturated heterocycles. The fourth-order valence-electron chi connectivity index (χ4n) is 2.34. The second kappa shape index (κ2) is 7.77. The van der Waals surface area contributed by atoms with Crippen LogP contribution in [-0.2, 0) is 0 Å². The van der Waals surface area contributed by atoms with Crippen LogP contribution in [0.25, 0.3) is 0 Å². The van der Waals surface area contributed by atoms with Gasteiger partial charge in [-0.2, -0.15) is 0 Å². The van der Waals surface area contributed by atoms with Crippen LogP contribution in [0.15, 0.2) is 16.9 Å². The minimum atomic E-state index is 0.798. The molecule has 0 saturated carbocycles. The molecule has 1 aromatic heterocycles. The third kappa shape index (κ3) is 4.71. The Bertz CT molecular complexity index is 370. The summed E-state index contributed by atoms with van der Waals surface area (Å²) in [5, 5.41) is 0. The lowest BCUT2D eigenvalue weighted by atomic mass is 10.3. The van der Waals surface area contributed by atoms with E-state index in [-0.39, 0.29) is 0 Å². The predicted molar refractivity (Wildman–Crippen MR) is 81.3 cm³/mol. The zero-order chi connectivity index (χ0) is 13.5. The van der Waals surface area contributed by atoms with Crippen LogP contribution >= 0.6 is 15.9 Å². The summed E-state index contributed by atoms with van der Waals surface area (Å²) in [5.41, 5.74) is 5.54. The maximum atomic E-state index is 5.54. The fraction of sp³-hybridized carbons (Fsp3) is 0.692. The van der Waals surface area contributed by atoms with Gasteiger partial charge in [0, 0.05) is 32.0 Å². The first-order valence-corrected chi connectivity index (χ1v) is 7.74. The molecule has 6 heteroatoms. The minimum absolute atomic E-state index is 0.798. The lowest BCUT2D eigenvalue weighted by molar-refractivity contribution is 0.287. The summed E-state index contributed by atoms with van der Waals surface area (Å²) in [7, 11) is 0. The molecule has 1 aliphatic heterocycles. The van der Waals surface area contributed by atoms with Gasteiger partial charge in [-0.25, -0.2) is 9.97 Å². The lowest BCUT2D eigenvalue weighted by Gasteiger charge is -2.21. The summed E-state index contributed by atoms with van der Waals surface area (Å²) >= 11 is 3.37. The third-order valence-corrected chi connectivity index (χ3v) is 3.82. The zero-order valence-electron chi connectivity index (χ0n) is 11.3. The summed E-state index contributed by atoms with van der Waals surface area (Å²) in [6, 6.07) is 0. The van der Waals surface area contributed by atoms with Crippen LogP contribution in [0.4, 0.5) is 5.95 Å². The Hall–Kier alpha value is -0.720. The molecular weight excluding hydrogens is 306 g/mol. The van der Waals surface area contributed by atoms with Crippen LogP contribution < -0.4 is 10.6 Å². The van der Waals surface area contributed by atoms with Crippen LogP contribution in [0.2, 0.25) is 0 Å². The molecule has 0 amide bonds. The normalized spacial score (nSPS) is 17.5. The summed E-state index contributed by atoms with van der Waals surface area (Å²) in [5.74, 6) is 0.840. The highest BCUT2D eigenvalue weighted by atomic mass is 79.9. The van der Waals surface area contributed by atoms with Crippen molar-refractivity contribution in [3.8, 4) is 0 Å². The average Bonchev–Trinajstić information content (AvgIpc) is 2.66. The van der Waals surface area contributed by atoms with Gasteiger partial charge in [-0.05, 0) is 54.8 Å². The smallest absolute Gasteiger partial charge is 0.225 e. The first kappa shape index (κ1) is 14.7. The monoisotopic (exact) mass is 327 g/mol. The van der Waals surface area contributed by atoms with Gasteiger partial charge in [0.25, 0.3) is 0 Å². The minimum Gasteiger partial charge on any atom is -0.339 e. The van der Waals surface area contributed by atoms with E-state index in [4.69, 9.17) is 5.73 Å². The van der Waals surface area contributed by atoms with E-state index in [0.29, 0.717) is 0 Å². The molecule has 1 aliphatic rings. The Balaban J connectivity index is 1.84. The van der Waals surface area contributed by atoms with Gasteiger partial charge in [-0.3, -0.25) is 0 Å². The Morgan fingerprint density at radius 2 is 1.89 bits per heavy atom. The molecule has 2 heterocycles. The van der Waals surface area contributed by atoms with Gasteiger partial charge < -0.3 is 15.5 Å². The highest BCUT2D eigenvalue weighted by Gasteiger charge is 2.16. The van der Waals surface area contributed by atoms with E-state index >= 15 is 0 Å². The van der Waals surface area contributed by atoms with Crippen molar-refractivity contribution in [2.45, 2.75) is 19.3 Å². The molecular formula is C13H22BrN5. The number of anilines is 1. The molecule has 106 valence electrons. The van der Waals surface area contributed by atoms with Gasteiger partial charge in [0.2, 0.25) is 5.95 Å². The van der Waals surface area contributed by atoms with E-state index in [2.05, 4.69) is 35.7 Å². The predicted octanol–water partition coefficient (Wildman–Crippen LogP) is 1.49. The molecule has 0 bridgehead atoms. The molecule has 0 radical (unpaired) electrons. The van der Waals surface area contributed by atoms with Gasteiger partial charge >= 0.3 is 0 Å². The largest absolute Gasteiger partial charge is 0.339 e. The van der Waals surface area contributed by atoms with Crippen molar-refractivity contribution in [3.05, 3.63) is 16.9 Å². The third-order valence-electron chi connectivity index (χ3n) is 3.41. The lowest BCUT2D eigenvalue weighted by Crippen LogP contribution is -2.32. The number of nitrogens with zero attached hydrogens (tertiary/aromatic N) is 4. The highest BCUT2D eigenvalue weighted by molar-refractivity contribution is 9.10. The van der Waals surface area contributed by atoms with Crippen LogP contribution in [-0.4, -0.2) is 54.1 Å². The van der Waals surface area contributed by atoms with E-state index in [9.17, 15) is 0 Å². The first-order chi connectivity index (χ1) is 9.29. The molecule has 5 nitrogen and oxygen atoms in total. The van der Waals surface area contributed by atoms with Crippen LogP contribution in [0.1, 0.15) is 19.3 Å². The quantitative estimate of drug-likeness (QED) is 0.830. The fourth-order valence-corrected chi connectivity index (χ4v) is 2.55. The zero-order valence-corrected chi connectivity index (χ0v) is 12.8. The van der Waals surface area contributed by atoms with E-state index in [1.54, 1.807) is 0 Å². The van der Waals surface area contributed by atoms with Crippen LogP contribution in [0.3, 0.4) is 0 Å². The number of halogens is 1. The van der Waals surface area contributed by atoms with Crippen molar-refractivity contribution in [2.75, 3.05) is 44.2 Å². The number of nitrogens with two attached hydrogens (primary N) is 1. The van der Waals surface area contributed by atoms with Crippen molar-refractivity contribution in [1.82, 2.24) is 14.9 Å². The Kier molecular flexibility index (Phi) is 6.00. The van der Waals surface area contributed by atoms with E-state index in [1.165, 1.54) is 12.8 Å². The molecule has 19 heavy (non-hydrogen) atoms. The maximum absolute atomic E-state index is 5.54. The number of unbranched alkanes of at least 4 members (excludes halogenated alkanes) is 1. The molecule has 0 aliphatic carbocycles. The van der Waals surface area contributed by atoms with E-state index in [1.807, 2.05) is 12.4 Å². The molecule has 0 atom stereocenters. The molecule has 2 N–H and O–H groups in total.